The number of phenols is 1. The Labute approximate surface area is 130 Å². The molecule has 2 N–H and O–H groups in total. The van der Waals surface area contributed by atoms with Crippen LogP contribution in [0.3, 0.4) is 0 Å². The number of para-hydroxylation sites is 1. The lowest BCUT2D eigenvalue weighted by atomic mass is 10.0. The molecule has 112 valence electrons. The predicted octanol–water partition coefficient (Wildman–Crippen LogP) is 2.81. The Bertz CT molecular complexity index is 1150. The van der Waals surface area contributed by atoms with Crippen LogP contribution in [0.5, 0.6) is 5.75 Å². The molecule has 0 saturated carbocycles. The van der Waals surface area contributed by atoms with E-state index in [-0.39, 0.29) is 11.3 Å². The summed E-state index contributed by atoms with van der Waals surface area (Å²) in [5.41, 5.74) is 3.62. The number of aryl methyl sites for hydroxylation is 1. The minimum atomic E-state index is -0.0608. The van der Waals surface area contributed by atoms with Gasteiger partial charge in [0.05, 0.1) is 16.6 Å². The Balaban J connectivity index is 1.91. The second-order valence-corrected chi connectivity index (χ2v) is 5.87. The maximum Gasteiger partial charge on any atom is 0.261 e. The number of phenolic OH excluding ortho intramolecular Hbond substituents is 1. The summed E-state index contributed by atoms with van der Waals surface area (Å²) in [6, 6.07) is 12.8. The minimum Gasteiger partial charge on any atom is -0.508 e. The maximum absolute atomic E-state index is 12.7. The van der Waals surface area contributed by atoms with E-state index < -0.39 is 0 Å². The Morgan fingerprint density at radius 3 is 2.91 bits per heavy atom. The van der Waals surface area contributed by atoms with E-state index in [1.54, 1.807) is 10.6 Å². The molecule has 23 heavy (non-hydrogen) atoms. The van der Waals surface area contributed by atoms with Crippen LogP contribution in [0.15, 0.2) is 47.3 Å². The van der Waals surface area contributed by atoms with Crippen LogP contribution in [-0.2, 0) is 13.0 Å². The van der Waals surface area contributed by atoms with Crippen molar-refractivity contribution < 1.29 is 5.11 Å². The Kier molecular flexibility index (Phi) is 2.29. The van der Waals surface area contributed by atoms with Crippen molar-refractivity contribution in [2.24, 2.45) is 0 Å². The van der Waals surface area contributed by atoms with Crippen LogP contribution in [0.2, 0.25) is 0 Å². The molecule has 0 amide bonds. The summed E-state index contributed by atoms with van der Waals surface area (Å²) in [6.07, 6.45) is 0.803. The molecule has 0 unspecified atom stereocenters. The first-order valence-electron chi connectivity index (χ1n) is 7.56. The third kappa shape index (κ3) is 1.61. The average molecular weight is 303 g/mol. The third-order valence-electron chi connectivity index (χ3n) is 4.56. The fraction of sp³-hybridized carbons (Fsp3) is 0.111. The second-order valence-electron chi connectivity index (χ2n) is 5.87. The highest BCUT2D eigenvalue weighted by atomic mass is 16.3. The number of rotatable bonds is 0. The monoisotopic (exact) mass is 303 g/mol. The standard InChI is InChI=1S/C18H13N3O2/c22-10-5-6-13-15(9-10)20-17-16-12(7-8-21(17)18(13)23)11-3-1-2-4-14(11)19-16/h1-6,9,19,22H,7-8H2. The molecule has 2 aromatic heterocycles. The predicted molar refractivity (Wildman–Crippen MR) is 88.7 cm³/mol. The number of H-pyrrole nitrogens is 1. The Hall–Kier alpha value is -3.08. The van der Waals surface area contributed by atoms with Gasteiger partial charge >= 0.3 is 0 Å². The molecule has 1 aliphatic rings. The summed E-state index contributed by atoms with van der Waals surface area (Å²) in [6.45, 7) is 0.618. The van der Waals surface area contributed by atoms with Crippen molar-refractivity contribution in [1.29, 1.82) is 0 Å². The van der Waals surface area contributed by atoms with Crippen LogP contribution in [0.25, 0.3) is 33.3 Å². The molecule has 5 rings (SSSR count). The minimum absolute atomic E-state index is 0.0608. The SMILES string of the molecule is O=c1c2ccc(O)cc2nc2n1CCc1c-2[nH]c2ccccc12. The molecule has 2 aromatic carbocycles. The zero-order valence-electron chi connectivity index (χ0n) is 12.2. The highest BCUT2D eigenvalue weighted by Crippen LogP contribution is 2.33. The Morgan fingerprint density at radius 1 is 1.13 bits per heavy atom. The number of hydrogen-bond donors (Lipinski definition) is 2. The number of aromatic hydroxyl groups is 1. The van der Waals surface area contributed by atoms with Gasteiger partial charge in [-0.15, -0.1) is 0 Å². The maximum atomic E-state index is 12.7. The molecule has 0 bridgehead atoms. The van der Waals surface area contributed by atoms with Crippen LogP contribution >= 0.6 is 0 Å². The van der Waals surface area contributed by atoms with Crippen LogP contribution < -0.4 is 5.56 Å². The molecular formula is C18H13N3O2. The molecule has 0 atom stereocenters. The van der Waals surface area contributed by atoms with Gasteiger partial charge in [0.25, 0.3) is 5.56 Å². The highest BCUT2D eigenvalue weighted by Gasteiger charge is 2.23. The fourth-order valence-corrected chi connectivity index (χ4v) is 3.48. The zero-order chi connectivity index (χ0) is 15.6. The molecule has 0 radical (unpaired) electrons. The van der Waals surface area contributed by atoms with Crippen molar-refractivity contribution in [2.75, 3.05) is 0 Å². The van der Waals surface area contributed by atoms with Crippen LogP contribution in [0, 0.1) is 0 Å². The first kappa shape index (κ1) is 12.5. The summed E-state index contributed by atoms with van der Waals surface area (Å²) >= 11 is 0. The largest absolute Gasteiger partial charge is 0.508 e. The van der Waals surface area contributed by atoms with Gasteiger partial charge in [-0.2, -0.15) is 0 Å². The van der Waals surface area contributed by atoms with E-state index in [9.17, 15) is 9.90 Å². The first-order valence-corrected chi connectivity index (χ1v) is 7.56. The first-order chi connectivity index (χ1) is 11.2. The summed E-state index contributed by atoms with van der Waals surface area (Å²) in [4.78, 5) is 20.8. The van der Waals surface area contributed by atoms with Gasteiger partial charge in [0, 0.05) is 23.5 Å². The summed E-state index contributed by atoms with van der Waals surface area (Å²) in [5.74, 6) is 0.757. The summed E-state index contributed by atoms with van der Waals surface area (Å²) in [7, 11) is 0. The molecule has 3 heterocycles. The quantitative estimate of drug-likeness (QED) is 0.525. The van der Waals surface area contributed by atoms with Gasteiger partial charge in [-0.05, 0) is 30.2 Å². The Morgan fingerprint density at radius 2 is 2.00 bits per heavy atom. The van der Waals surface area contributed by atoms with Gasteiger partial charge in [-0.25, -0.2) is 4.98 Å². The molecule has 4 aromatic rings. The molecule has 0 aliphatic carbocycles. The molecule has 0 saturated heterocycles. The zero-order valence-corrected chi connectivity index (χ0v) is 12.2. The van der Waals surface area contributed by atoms with Crippen molar-refractivity contribution in [3.63, 3.8) is 0 Å². The molecule has 5 nitrogen and oxygen atoms in total. The van der Waals surface area contributed by atoms with Crippen molar-refractivity contribution >= 4 is 21.8 Å². The van der Waals surface area contributed by atoms with E-state index in [0.29, 0.717) is 23.3 Å². The van der Waals surface area contributed by atoms with Gasteiger partial charge in [-0.3, -0.25) is 9.36 Å². The van der Waals surface area contributed by atoms with Crippen molar-refractivity contribution in [3.05, 3.63) is 58.4 Å². The summed E-state index contributed by atoms with van der Waals surface area (Å²) < 4.78 is 1.72. The van der Waals surface area contributed by atoms with E-state index >= 15 is 0 Å². The van der Waals surface area contributed by atoms with Crippen LogP contribution in [-0.4, -0.2) is 19.6 Å². The van der Waals surface area contributed by atoms with Gasteiger partial charge in [0.1, 0.15) is 5.75 Å². The lowest BCUT2D eigenvalue weighted by molar-refractivity contribution is 0.476. The van der Waals surface area contributed by atoms with E-state index in [4.69, 9.17) is 0 Å². The van der Waals surface area contributed by atoms with Gasteiger partial charge in [-0.1, -0.05) is 18.2 Å². The van der Waals surface area contributed by atoms with Gasteiger partial charge in [0.15, 0.2) is 5.82 Å². The normalized spacial score (nSPS) is 13.2. The molecular weight excluding hydrogens is 290 g/mol. The van der Waals surface area contributed by atoms with E-state index in [0.717, 1.165) is 17.6 Å². The topological polar surface area (TPSA) is 70.9 Å². The van der Waals surface area contributed by atoms with E-state index in [2.05, 4.69) is 16.0 Å². The molecule has 1 aliphatic heterocycles. The van der Waals surface area contributed by atoms with E-state index in [1.807, 2.05) is 18.2 Å². The number of nitrogens with one attached hydrogen (secondary N) is 1. The lowest BCUT2D eigenvalue weighted by Crippen LogP contribution is -2.27. The summed E-state index contributed by atoms with van der Waals surface area (Å²) in [5, 5.41) is 11.4. The second kappa shape index (κ2) is 4.23. The average Bonchev–Trinajstić information content (AvgIpc) is 2.94. The smallest absolute Gasteiger partial charge is 0.261 e. The van der Waals surface area contributed by atoms with Gasteiger partial charge < -0.3 is 10.1 Å². The molecule has 0 spiro atoms. The van der Waals surface area contributed by atoms with Crippen molar-refractivity contribution in [3.8, 4) is 17.3 Å². The number of hydrogen-bond acceptors (Lipinski definition) is 3. The molecule has 5 heteroatoms. The number of fused-ring (bicyclic) bond motifs is 6. The lowest BCUT2D eigenvalue weighted by Gasteiger charge is -2.18. The van der Waals surface area contributed by atoms with Crippen molar-refractivity contribution in [1.82, 2.24) is 14.5 Å². The van der Waals surface area contributed by atoms with Crippen LogP contribution in [0.1, 0.15) is 5.56 Å². The van der Waals surface area contributed by atoms with Crippen LogP contribution in [0.4, 0.5) is 0 Å². The van der Waals surface area contributed by atoms with E-state index in [1.165, 1.54) is 23.1 Å². The van der Waals surface area contributed by atoms with Crippen molar-refractivity contribution in [2.45, 2.75) is 13.0 Å². The number of aromatic amines is 1. The number of nitrogens with zero attached hydrogens (tertiary/aromatic N) is 2. The molecule has 0 fully saturated rings. The highest BCUT2D eigenvalue weighted by molar-refractivity contribution is 5.91. The van der Waals surface area contributed by atoms with Gasteiger partial charge in [0.2, 0.25) is 0 Å². The fourth-order valence-electron chi connectivity index (χ4n) is 3.48. The number of benzene rings is 2. The number of aromatic nitrogens is 3. The third-order valence-corrected chi connectivity index (χ3v) is 4.56.